The predicted octanol–water partition coefficient (Wildman–Crippen LogP) is 3.86. The summed E-state index contributed by atoms with van der Waals surface area (Å²) in [5, 5.41) is 5.14. The summed E-state index contributed by atoms with van der Waals surface area (Å²) in [5.74, 6) is 0. The van der Waals surface area contributed by atoms with E-state index in [-0.39, 0.29) is 0 Å². The molecule has 2 aromatic rings. The molecule has 0 radical (unpaired) electrons. The van der Waals surface area contributed by atoms with Crippen LogP contribution in [0.15, 0.2) is 12.1 Å². The Morgan fingerprint density at radius 3 is 2.44 bits per heavy atom. The number of aryl methyl sites for hydroxylation is 2. The van der Waals surface area contributed by atoms with Crippen molar-refractivity contribution in [2.24, 2.45) is 0 Å². The molecular formula is C13H15ClN2. The van der Waals surface area contributed by atoms with Gasteiger partial charge in [0.05, 0.1) is 5.52 Å². The Morgan fingerprint density at radius 2 is 1.81 bits per heavy atom. The van der Waals surface area contributed by atoms with Gasteiger partial charge in [0.25, 0.3) is 0 Å². The quantitative estimate of drug-likeness (QED) is 0.811. The number of nitrogens with zero attached hydrogens (tertiary/aromatic N) is 1. The molecule has 1 heterocycles. The summed E-state index contributed by atoms with van der Waals surface area (Å²) < 4.78 is 0. The van der Waals surface area contributed by atoms with Gasteiger partial charge in [-0.3, -0.25) is 4.98 Å². The molecule has 0 fully saturated rings. The lowest BCUT2D eigenvalue weighted by Gasteiger charge is -2.13. The van der Waals surface area contributed by atoms with Gasteiger partial charge in [-0.25, -0.2) is 0 Å². The van der Waals surface area contributed by atoms with Crippen LogP contribution in [0.4, 0.5) is 5.69 Å². The van der Waals surface area contributed by atoms with E-state index in [0.717, 1.165) is 32.9 Å². The van der Waals surface area contributed by atoms with Gasteiger partial charge in [-0.2, -0.15) is 0 Å². The molecule has 1 aromatic carbocycles. The van der Waals surface area contributed by atoms with Crippen LogP contribution in [0.25, 0.3) is 10.9 Å². The fourth-order valence-corrected chi connectivity index (χ4v) is 2.13. The molecule has 2 rings (SSSR count). The molecule has 16 heavy (non-hydrogen) atoms. The Kier molecular flexibility index (Phi) is 2.76. The van der Waals surface area contributed by atoms with Crippen LogP contribution in [0, 0.1) is 20.8 Å². The van der Waals surface area contributed by atoms with Crippen LogP contribution in [0.3, 0.4) is 0 Å². The van der Waals surface area contributed by atoms with Gasteiger partial charge in [0, 0.05) is 28.8 Å². The van der Waals surface area contributed by atoms with Crippen LogP contribution in [0.5, 0.6) is 0 Å². The first-order valence-electron chi connectivity index (χ1n) is 5.30. The Balaban J connectivity index is 2.96. The molecular weight excluding hydrogens is 220 g/mol. The minimum atomic E-state index is 0.769. The van der Waals surface area contributed by atoms with Crippen molar-refractivity contribution in [3.63, 3.8) is 0 Å². The van der Waals surface area contributed by atoms with Crippen LogP contribution < -0.4 is 5.32 Å². The number of hydrogen-bond acceptors (Lipinski definition) is 2. The van der Waals surface area contributed by atoms with E-state index in [0.29, 0.717) is 0 Å². The van der Waals surface area contributed by atoms with Crippen molar-refractivity contribution in [3.05, 3.63) is 34.0 Å². The van der Waals surface area contributed by atoms with Gasteiger partial charge in [-0.15, -0.1) is 0 Å². The molecule has 0 aliphatic rings. The zero-order valence-corrected chi connectivity index (χ0v) is 10.7. The summed E-state index contributed by atoms with van der Waals surface area (Å²) in [6.45, 7) is 6.11. The van der Waals surface area contributed by atoms with E-state index in [1.807, 2.05) is 33.0 Å². The van der Waals surface area contributed by atoms with Gasteiger partial charge in [-0.1, -0.05) is 11.6 Å². The van der Waals surface area contributed by atoms with E-state index in [9.17, 15) is 0 Å². The summed E-state index contributed by atoms with van der Waals surface area (Å²) in [6, 6.07) is 3.95. The van der Waals surface area contributed by atoms with Gasteiger partial charge >= 0.3 is 0 Å². The van der Waals surface area contributed by atoms with Crippen LogP contribution in [0.2, 0.25) is 5.02 Å². The molecule has 0 saturated carbocycles. The van der Waals surface area contributed by atoms with Crippen LogP contribution in [0.1, 0.15) is 16.8 Å². The maximum absolute atomic E-state index is 6.11. The largest absolute Gasteiger partial charge is 0.387 e. The molecule has 3 heteroatoms. The fraction of sp³-hybridized carbons (Fsp3) is 0.308. The van der Waals surface area contributed by atoms with E-state index in [2.05, 4.69) is 17.2 Å². The summed E-state index contributed by atoms with van der Waals surface area (Å²) in [5.41, 5.74) is 5.40. The van der Waals surface area contributed by atoms with Crippen LogP contribution in [-0.2, 0) is 0 Å². The average Bonchev–Trinajstić information content (AvgIpc) is 2.27. The number of benzene rings is 1. The number of hydrogen-bond donors (Lipinski definition) is 1. The molecule has 1 N–H and O–H groups in total. The molecule has 0 spiro atoms. The lowest BCUT2D eigenvalue weighted by atomic mass is 10.0. The highest BCUT2D eigenvalue weighted by molar-refractivity contribution is 6.32. The third kappa shape index (κ3) is 1.54. The third-order valence-electron chi connectivity index (χ3n) is 3.08. The second-order valence-corrected chi connectivity index (χ2v) is 4.42. The highest BCUT2D eigenvalue weighted by atomic mass is 35.5. The highest BCUT2D eigenvalue weighted by Gasteiger charge is 2.11. The lowest BCUT2D eigenvalue weighted by molar-refractivity contribution is 1.18. The van der Waals surface area contributed by atoms with Crippen molar-refractivity contribution in [2.45, 2.75) is 20.8 Å². The van der Waals surface area contributed by atoms with Gasteiger partial charge < -0.3 is 5.32 Å². The second kappa shape index (κ2) is 3.95. The van der Waals surface area contributed by atoms with Gasteiger partial charge in [0.1, 0.15) is 0 Å². The Hall–Kier alpha value is -1.28. The number of fused-ring (bicyclic) bond motifs is 1. The lowest BCUT2D eigenvalue weighted by Crippen LogP contribution is -1.99. The average molecular weight is 235 g/mol. The number of pyridine rings is 1. The van der Waals surface area contributed by atoms with E-state index in [4.69, 9.17) is 11.6 Å². The van der Waals surface area contributed by atoms with Gasteiger partial charge in [0.15, 0.2) is 0 Å². The standard InChI is InChI=1S/C13H15ClN2/c1-7-9(3)16-13-8(2)11(14)6-5-10(13)12(7)15-4/h5-6H,1-4H3,(H,15,16). The first kappa shape index (κ1) is 11.2. The number of halogens is 1. The summed E-state index contributed by atoms with van der Waals surface area (Å²) in [4.78, 5) is 4.62. The molecule has 84 valence electrons. The molecule has 0 amide bonds. The topological polar surface area (TPSA) is 24.9 Å². The number of nitrogens with one attached hydrogen (secondary N) is 1. The summed E-state index contributed by atoms with van der Waals surface area (Å²) >= 11 is 6.11. The van der Waals surface area contributed by atoms with Crippen molar-refractivity contribution in [1.82, 2.24) is 4.98 Å². The monoisotopic (exact) mass is 234 g/mol. The number of rotatable bonds is 1. The fourth-order valence-electron chi connectivity index (χ4n) is 1.98. The first-order chi connectivity index (χ1) is 7.56. The summed E-state index contributed by atoms with van der Waals surface area (Å²) in [7, 11) is 1.94. The Morgan fingerprint density at radius 1 is 1.12 bits per heavy atom. The molecule has 1 aromatic heterocycles. The van der Waals surface area contributed by atoms with Crippen LogP contribution >= 0.6 is 11.6 Å². The SMILES string of the molecule is CNc1c(C)c(C)nc2c(C)c(Cl)ccc12. The molecule has 0 bridgehead atoms. The Bertz CT molecular complexity index is 562. The molecule has 0 aliphatic carbocycles. The summed E-state index contributed by atoms with van der Waals surface area (Å²) in [6.07, 6.45) is 0. The van der Waals surface area contributed by atoms with Crippen molar-refractivity contribution in [3.8, 4) is 0 Å². The van der Waals surface area contributed by atoms with Crippen molar-refractivity contribution >= 4 is 28.2 Å². The molecule has 0 atom stereocenters. The van der Waals surface area contributed by atoms with Crippen LogP contribution in [-0.4, -0.2) is 12.0 Å². The van der Waals surface area contributed by atoms with Crippen molar-refractivity contribution in [1.29, 1.82) is 0 Å². The number of aromatic nitrogens is 1. The third-order valence-corrected chi connectivity index (χ3v) is 3.49. The molecule has 0 unspecified atom stereocenters. The maximum Gasteiger partial charge on any atom is 0.0770 e. The second-order valence-electron chi connectivity index (χ2n) is 4.02. The zero-order valence-electron chi connectivity index (χ0n) is 9.98. The Labute approximate surface area is 101 Å². The normalized spacial score (nSPS) is 10.8. The highest BCUT2D eigenvalue weighted by Crippen LogP contribution is 2.32. The van der Waals surface area contributed by atoms with E-state index >= 15 is 0 Å². The predicted molar refractivity (Wildman–Crippen MR) is 70.5 cm³/mol. The smallest absolute Gasteiger partial charge is 0.0770 e. The first-order valence-corrected chi connectivity index (χ1v) is 5.67. The minimum Gasteiger partial charge on any atom is -0.387 e. The molecule has 0 saturated heterocycles. The van der Waals surface area contributed by atoms with Crippen molar-refractivity contribution < 1.29 is 0 Å². The number of anilines is 1. The minimum absolute atomic E-state index is 0.769. The molecule has 2 nitrogen and oxygen atoms in total. The van der Waals surface area contributed by atoms with E-state index < -0.39 is 0 Å². The van der Waals surface area contributed by atoms with E-state index in [1.54, 1.807) is 0 Å². The maximum atomic E-state index is 6.11. The van der Waals surface area contributed by atoms with Crippen molar-refractivity contribution in [2.75, 3.05) is 12.4 Å². The van der Waals surface area contributed by atoms with E-state index in [1.165, 1.54) is 5.56 Å². The zero-order chi connectivity index (χ0) is 11.9. The van der Waals surface area contributed by atoms with Gasteiger partial charge in [0.2, 0.25) is 0 Å². The molecule has 0 aliphatic heterocycles. The van der Waals surface area contributed by atoms with Gasteiger partial charge in [-0.05, 0) is 44.0 Å².